The lowest BCUT2D eigenvalue weighted by molar-refractivity contribution is -0.149. The summed E-state index contributed by atoms with van der Waals surface area (Å²) in [6.07, 6.45) is 2.15. The van der Waals surface area contributed by atoms with Gasteiger partial charge in [-0.05, 0) is 64.8 Å². The number of carbonyl (C=O) groups excluding carboxylic acids is 2. The van der Waals surface area contributed by atoms with Crippen molar-refractivity contribution >= 4 is 17.6 Å². The van der Waals surface area contributed by atoms with Gasteiger partial charge in [0.1, 0.15) is 0 Å². The van der Waals surface area contributed by atoms with Gasteiger partial charge in [-0.3, -0.25) is 14.5 Å². The zero-order chi connectivity index (χ0) is 24.2. The summed E-state index contributed by atoms with van der Waals surface area (Å²) in [5.41, 5.74) is 6.75. The fourth-order valence-electron chi connectivity index (χ4n) is 4.94. The van der Waals surface area contributed by atoms with Crippen LogP contribution in [0.25, 0.3) is 0 Å². The van der Waals surface area contributed by atoms with Crippen molar-refractivity contribution in [3.63, 3.8) is 0 Å². The minimum absolute atomic E-state index is 0.0000699. The van der Waals surface area contributed by atoms with E-state index >= 15 is 0 Å². The zero-order valence-electron chi connectivity index (χ0n) is 20.7. The molecule has 180 valence electrons. The summed E-state index contributed by atoms with van der Waals surface area (Å²) in [7, 11) is 0. The molecule has 0 saturated carbocycles. The Morgan fingerprint density at radius 1 is 1.00 bits per heavy atom. The first kappa shape index (κ1) is 24.1. The number of benzene rings is 2. The predicted octanol–water partition coefficient (Wildman–Crippen LogP) is 4.56. The third-order valence-corrected chi connectivity index (χ3v) is 6.89. The van der Waals surface area contributed by atoms with E-state index in [4.69, 9.17) is 9.84 Å². The van der Waals surface area contributed by atoms with Gasteiger partial charge in [0.05, 0.1) is 30.8 Å². The monoisotopic (exact) mass is 461 g/mol. The van der Waals surface area contributed by atoms with E-state index in [9.17, 15) is 9.59 Å². The second-order valence-electron chi connectivity index (χ2n) is 9.54. The quantitative estimate of drug-likeness (QED) is 0.592. The molecule has 0 aliphatic carbocycles. The smallest absolute Gasteiger partial charge is 0.309 e. The zero-order valence-corrected chi connectivity index (χ0v) is 20.7. The van der Waals surface area contributed by atoms with Gasteiger partial charge in [-0.1, -0.05) is 53.6 Å². The summed E-state index contributed by atoms with van der Waals surface area (Å²) in [5, 5.41) is 6.55. The first-order valence-electron chi connectivity index (χ1n) is 12.3. The Morgan fingerprint density at radius 3 is 2.32 bits per heavy atom. The van der Waals surface area contributed by atoms with Gasteiger partial charge in [0.2, 0.25) is 0 Å². The molecule has 2 aliphatic heterocycles. The third-order valence-electron chi connectivity index (χ3n) is 6.89. The molecular weight excluding hydrogens is 426 g/mol. The van der Waals surface area contributed by atoms with Crippen molar-refractivity contribution < 1.29 is 14.3 Å². The van der Waals surface area contributed by atoms with Gasteiger partial charge in [-0.15, -0.1) is 0 Å². The maximum atomic E-state index is 13.5. The molecule has 1 saturated heterocycles. The molecule has 6 nitrogen and oxygen atoms in total. The molecule has 2 aliphatic rings. The Morgan fingerprint density at radius 2 is 1.68 bits per heavy atom. The molecule has 0 radical (unpaired) electrons. The molecule has 34 heavy (non-hydrogen) atoms. The highest BCUT2D eigenvalue weighted by Gasteiger charge is 2.35. The van der Waals surface area contributed by atoms with Gasteiger partial charge >= 0.3 is 5.97 Å². The van der Waals surface area contributed by atoms with Crippen molar-refractivity contribution in [2.45, 2.75) is 53.0 Å². The molecule has 0 aromatic heterocycles. The van der Waals surface area contributed by atoms with Gasteiger partial charge in [0.25, 0.3) is 5.91 Å². The van der Waals surface area contributed by atoms with Crippen molar-refractivity contribution in [1.82, 2.24) is 9.91 Å². The summed E-state index contributed by atoms with van der Waals surface area (Å²) >= 11 is 0. The number of hydrogen-bond acceptors (Lipinski definition) is 5. The Bertz CT molecular complexity index is 1070. The van der Waals surface area contributed by atoms with Crippen LogP contribution in [-0.4, -0.2) is 53.7 Å². The van der Waals surface area contributed by atoms with Crippen LogP contribution in [0.4, 0.5) is 0 Å². The molecular formula is C28H35N3O3. The Labute approximate surface area is 202 Å². The lowest BCUT2D eigenvalue weighted by Crippen LogP contribution is -2.43. The van der Waals surface area contributed by atoms with Crippen molar-refractivity contribution in [3.8, 4) is 0 Å². The normalized spacial score (nSPS) is 19.2. The number of nitrogens with zero attached hydrogens (tertiary/aromatic N) is 3. The molecule has 1 atom stereocenters. The molecule has 4 rings (SSSR count). The highest BCUT2D eigenvalue weighted by molar-refractivity contribution is 6.04. The lowest BCUT2D eigenvalue weighted by atomic mass is 9.95. The van der Waals surface area contributed by atoms with Crippen LogP contribution in [0.5, 0.6) is 0 Å². The van der Waals surface area contributed by atoms with Crippen LogP contribution in [0.1, 0.15) is 60.0 Å². The maximum Gasteiger partial charge on any atom is 0.309 e. The van der Waals surface area contributed by atoms with Crippen molar-refractivity contribution in [2.75, 3.05) is 26.2 Å². The number of amides is 1. The number of ether oxygens (including phenoxy) is 1. The third kappa shape index (κ3) is 5.39. The number of hydrazone groups is 1. The minimum Gasteiger partial charge on any atom is -0.466 e. The number of carbonyl (C=O) groups is 2. The molecule has 0 bridgehead atoms. The Hall–Kier alpha value is -2.99. The first-order valence-corrected chi connectivity index (χ1v) is 12.3. The van der Waals surface area contributed by atoms with Gasteiger partial charge < -0.3 is 4.74 Å². The Kier molecular flexibility index (Phi) is 7.47. The van der Waals surface area contributed by atoms with Crippen LogP contribution in [0, 0.1) is 26.7 Å². The summed E-state index contributed by atoms with van der Waals surface area (Å²) in [5.74, 6) is -0.178. The topological polar surface area (TPSA) is 62.2 Å². The van der Waals surface area contributed by atoms with Crippen LogP contribution in [0.2, 0.25) is 0 Å². The molecule has 1 amide bonds. The minimum atomic E-state index is -0.116. The summed E-state index contributed by atoms with van der Waals surface area (Å²) in [6, 6.07) is 14.7. The SMILES string of the molecule is CCOC(=O)C1CCN(CC(=O)N2N=C(c3ccc(C)cc3C)C[C@H]2c2ccc(C)cc2)CC1. The molecule has 2 heterocycles. The van der Waals surface area contributed by atoms with Crippen LogP contribution in [0.15, 0.2) is 47.6 Å². The van der Waals surface area contributed by atoms with E-state index in [-0.39, 0.29) is 23.8 Å². The molecule has 2 aromatic rings. The number of piperidine rings is 1. The van der Waals surface area contributed by atoms with Crippen molar-refractivity contribution in [1.29, 1.82) is 0 Å². The largest absolute Gasteiger partial charge is 0.466 e. The standard InChI is InChI=1S/C28H35N3O3/c1-5-34-28(33)23-12-14-30(15-13-23)18-27(32)31-26(22-9-6-19(2)7-10-22)17-25(29-31)24-11-8-20(3)16-21(24)4/h6-11,16,23,26H,5,12-15,17-18H2,1-4H3/t26-/m0/s1. The molecule has 0 unspecified atom stereocenters. The lowest BCUT2D eigenvalue weighted by Gasteiger charge is -2.32. The van der Waals surface area contributed by atoms with Gasteiger partial charge in [-0.2, -0.15) is 5.10 Å². The molecule has 0 N–H and O–H groups in total. The maximum absolute atomic E-state index is 13.5. The molecule has 2 aromatic carbocycles. The van der Waals surface area contributed by atoms with Gasteiger partial charge in [0.15, 0.2) is 0 Å². The van der Waals surface area contributed by atoms with E-state index in [1.165, 1.54) is 16.7 Å². The van der Waals surface area contributed by atoms with E-state index in [0.29, 0.717) is 32.7 Å². The fraction of sp³-hybridized carbons (Fsp3) is 0.464. The number of aryl methyl sites for hydroxylation is 3. The number of hydrogen-bond donors (Lipinski definition) is 0. The molecule has 6 heteroatoms. The second-order valence-corrected chi connectivity index (χ2v) is 9.54. The average molecular weight is 462 g/mol. The highest BCUT2D eigenvalue weighted by atomic mass is 16.5. The molecule has 1 fully saturated rings. The molecule has 0 spiro atoms. The van der Waals surface area contributed by atoms with Crippen LogP contribution >= 0.6 is 0 Å². The second kappa shape index (κ2) is 10.5. The van der Waals surface area contributed by atoms with Crippen molar-refractivity contribution in [2.24, 2.45) is 11.0 Å². The van der Waals surface area contributed by atoms with Crippen LogP contribution in [0.3, 0.4) is 0 Å². The summed E-state index contributed by atoms with van der Waals surface area (Å²) in [4.78, 5) is 27.7. The van der Waals surface area contributed by atoms with E-state index in [1.54, 1.807) is 5.01 Å². The number of likely N-dealkylation sites (tertiary alicyclic amines) is 1. The average Bonchev–Trinajstić information content (AvgIpc) is 3.25. The fourth-order valence-corrected chi connectivity index (χ4v) is 4.94. The number of rotatable bonds is 6. The van der Waals surface area contributed by atoms with Crippen LogP contribution < -0.4 is 0 Å². The van der Waals surface area contributed by atoms with E-state index in [2.05, 4.69) is 68.1 Å². The highest BCUT2D eigenvalue weighted by Crippen LogP contribution is 2.34. The van der Waals surface area contributed by atoms with Crippen LogP contribution in [-0.2, 0) is 14.3 Å². The van der Waals surface area contributed by atoms with Gasteiger partial charge in [0, 0.05) is 12.0 Å². The first-order chi connectivity index (χ1) is 16.4. The summed E-state index contributed by atoms with van der Waals surface area (Å²) in [6.45, 7) is 10.2. The van der Waals surface area contributed by atoms with E-state index < -0.39 is 0 Å². The summed E-state index contributed by atoms with van der Waals surface area (Å²) < 4.78 is 5.17. The van der Waals surface area contributed by atoms with Gasteiger partial charge in [-0.25, -0.2) is 5.01 Å². The predicted molar refractivity (Wildman–Crippen MR) is 134 cm³/mol. The van der Waals surface area contributed by atoms with E-state index in [0.717, 1.165) is 29.7 Å². The number of esters is 1. The van der Waals surface area contributed by atoms with Crippen molar-refractivity contribution in [3.05, 3.63) is 70.3 Å². The Balaban J connectivity index is 1.51. The van der Waals surface area contributed by atoms with E-state index in [1.807, 2.05) is 6.92 Å².